The van der Waals surface area contributed by atoms with Crippen molar-refractivity contribution in [1.29, 1.82) is 5.41 Å². The van der Waals surface area contributed by atoms with Crippen LogP contribution in [0.4, 0.5) is 0 Å². The highest BCUT2D eigenvalue weighted by molar-refractivity contribution is 7.97. The molecule has 0 bridgehead atoms. The molecule has 2 N–H and O–H groups in total. The molecule has 0 saturated carbocycles. The third kappa shape index (κ3) is 1830. The average Bonchev–Trinajstić information content (AvgIpc) is 2.27. The minimum absolute atomic E-state index is 0.750. The minimum Gasteiger partial charge on any atom is -0.388 e. The molecule has 0 aliphatic heterocycles. The second-order valence-electron chi connectivity index (χ2n) is 1.42. The summed E-state index contributed by atoms with van der Waals surface area (Å²) in [5.74, 6) is 0. The summed E-state index contributed by atoms with van der Waals surface area (Å²) < 4.78 is 4.25. The maximum Gasteiger partial charge on any atom is 0.231 e. The molecule has 0 spiro atoms. The summed E-state index contributed by atoms with van der Waals surface area (Å²) in [7, 11) is 7.00. The van der Waals surface area contributed by atoms with Crippen molar-refractivity contribution in [3.8, 4) is 0 Å². The maximum absolute atomic E-state index is 8.35. The SMILES string of the molecule is C=O.C=O.CNC.COC.CSC.N=C=O. The summed E-state index contributed by atoms with van der Waals surface area (Å²) >= 11 is 1.75. The standard InChI is InChI=1S/C2H7N.C2H6O.C2H6S.CHNO.2CH2O/c3*1-3-2;2-1-3;2*1-2/h3H,1-2H3;2*1-2H3;2H;2*1H2. The van der Waals surface area contributed by atoms with Crippen LogP contribution in [0.15, 0.2) is 0 Å². The summed E-state index contributed by atoms with van der Waals surface area (Å²) in [6.45, 7) is 4.00. The number of thioether (sulfide) groups is 1. The first-order valence-electron chi connectivity index (χ1n) is 3.66. The van der Waals surface area contributed by atoms with Gasteiger partial charge < -0.3 is 19.6 Å². The van der Waals surface area contributed by atoms with Crippen molar-refractivity contribution < 1.29 is 19.1 Å². The quantitative estimate of drug-likeness (QED) is 0.487. The molecule has 0 saturated heterocycles. The van der Waals surface area contributed by atoms with E-state index in [1.54, 1.807) is 26.0 Å². The second-order valence-corrected chi connectivity index (χ2v) is 2.24. The van der Waals surface area contributed by atoms with Crippen LogP contribution in [0, 0.1) is 5.41 Å². The Morgan fingerprint density at radius 3 is 1.12 bits per heavy atom. The Balaban J connectivity index is -0.0000000190. The Morgan fingerprint density at radius 1 is 1.12 bits per heavy atom. The van der Waals surface area contributed by atoms with Crippen molar-refractivity contribution in [1.82, 2.24) is 5.32 Å². The lowest BCUT2D eigenvalue weighted by Gasteiger charge is -1.61. The molecule has 0 fully saturated rings. The van der Waals surface area contributed by atoms with Gasteiger partial charge in [0.25, 0.3) is 0 Å². The first kappa shape index (κ1) is 36.3. The molecule has 0 unspecified atom stereocenters. The average molecular weight is 256 g/mol. The molecule has 0 radical (unpaired) electrons. The molecule has 100 valence electrons. The zero-order valence-electron chi connectivity index (χ0n) is 11.0. The van der Waals surface area contributed by atoms with E-state index in [2.05, 4.69) is 10.1 Å². The highest BCUT2D eigenvalue weighted by Gasteiger charge is 1.32. The van der Waals surface area contributed by atoms with Gasteiger partial charge in [-0.3, -0.25) is 0 Å². The number of isocyanates is 1. The Hall–Kier alpha value is -1.01. The van der Waals surface area contributed by atoms with Gasteiger partial charge in [0.1, 0.15) is 13.6 Å². The van der Waals surface area contributed by atoms with Crippen LogP contribution in [0.25, 0.3) is 0 Å². The first-order valence-corrected chi connectivity index (χ1v) is 5.30. The van der Waals surface area contributed by atoms with Crippen molar-refractivity contribution in [2.75, 3.05) is 40.8 Å². The van der Waals surface area contributed by atoms with Gasteiger partial charge in [-0.2, -0.15) is 11.8 Å². The molecule has 0 aliphatic rings. The second kappa shape index (κ2) is 264. The number of nitrogens with one attached hydrogen (secondary N) is 2. The van der Waals surface area contributed by atoms with E-state index < -0.39 is 0 Å². The molecule has 0 aromatic heterocycles. The molecule has 0 aromatic rings. The monoisotopic (exact) mass is 256 g/mol. The fourth-order valence-corrected chi connectivity index (χ4v) is 0. The van der Waals surface area contributed by atoms with Gasteiger partial charge in [-0.25, -0.2) is 10.2 Å². The van der Waals surface area contributed by atoms with Gasteiger partial charge in [-0.1, -0.05) is 0 Å². The van der Waals surface area contributed by atoms with Gasteiger partial charge in [-0.05, 0) is 26.6 Å². The fraction of sp³-hybridized carbons (Fsp3) is 0.667. The van der Waals surface area contributed by atoms with Crippen LogP contribution in [0.1, 0.15) is 0 Å². The van der Waals surface area contributed by atoms with E-state index >= 15 is 0 Å². The van der Waals surface area contributed by atoms with E-state index in [1.807, 2.05) is 40.2 Å². The number of carbonyl (C=O) groups excluding carboxylic acids is 3. The van der Waals surface area contributed by atoms with Crippen LogP contribution in [0.2, 0.25) is 0 Å². The Kier molecular flexibility index (Phi) is 599. The van der Waals surface area contributed by atoms with Gasteiger partial charge >= 0.3 is 0 Å². The van der Waals surface area contributed by atoms with Gasteiger partial charge in [0.05, 0.1) is 0 Å². The van der Waals surface area contributed by atoms with Crippen LogP contribution >= 0.6 is 11.8 Å². The zero-order valence-corrected chi connectivity index (χ0v) is 11.8. The molecular formula is C9H24N2O4S. The van der Waals surface area contributed by atoms with E-state index in [0.717, 1.165) is 6.08 Å². The van der Waals surface area contributed by atoms with Gasteiger partial charge in [0.2, 0.25) is 6.08 Å². The number of rotatable bonds is 0. The van der Waals surface area contributed by atoms with Crippen LogP contribution < -0.4 is 5.32 Å². The van der Waals surface area contributed by atoms with Crippen LogP contribution in [0.5, 0.6) is 0 Å². The number of ether oxygens (including phenoxy) is 1. The van der Waals surface area contributed by atoms with Gasteiger partial charge in [0, 0.05) is 14.2 Å². The van der Waals surface area contributed by atoms with Crippen molar-refractivity contribution in [2.24, 2.45) is 0 Å². The number of hydrogen-bond donors (Lipinski definition) is 2. The Bertz CT molecular complexity index is 84.8. The molecule has 16 heavy (non-hydrogen) atoms. The maximum atomic E-state index is 8.35. The summed E-state index contributed by atoms with van der Waals surface area (Å²) in [5.41, 5.74) is 0. The normalized spacial score (nSPS) is 4.38. The van der Waals surface area contributed by atoms with Crippen LogP contribution in [-0.4, -0.2) is 60.5 Å². The third-order valence-corrected chi connectivity index (χ3v) is 0. The predicted molar refractivity (Wildman–Crippen MR) is 70.0 cm³/mol. The van der Waals surface area contributed by atoms with Crippen molar-refractivity contribution in [3.63, 3.8) is 0 Å². The fourth-order valence-electron chi connectivity index (χ4n) is 0. The Morgan fingerprint density at radius 2 is 1.12 bits per heavy atom. The lowest BCUT2D eigenvalue weighted by molar-refractivity contribution is -0.0987. The molecule has 0 aromatic carbocycles. The lowest BCUT2D eigenvalue weighted by atomic mass is 11.3. The molecule has 0 aliphatic carbocycles. The molecule has 0 atom stereocenters. The topological polar surface area (TPSA) is 96.3 Å². The number of carbonyl (C=O) groups is 2. The lowest BCUT2D eigenvalue weighted by Crippen LogP contribution is -1.89. The smallest absolute Gasteiger partial charge is 0.231 e. The van der Waals surface area contributed by atoms with Crippen LogP contribution in [0.3, 0.4) is 0 Å². The summed E-state index contributed by atoms with van der Waals surface area (Å²) in [4.78, 5) is 24.3. The molecule has 7 heteroatoms. The summed E-state index contributed by atoms with van der Waals surface area (Å²) in [6.07, 6.45) is 4.83. The van der Waals surface area contributed by atoms with E-state index in [-0.39, 0.29) is 0 Å². The summed E-state index contributed by atoms with van der Waals surface area (Å²) in [5, 5.41) is 8.15. The third-order valence-electron chi connectivity index (χ3n) is 0. The summed E-state index contributed by atoms with van der Waals surface area (Å²) in [6, 6.07) is 0. The van der Waals surface area contributed by atoms with E-state index in [1.165, 1.54) is 0 Å². The minimum atomic E-state index is 0.750. The largest absolute Gasteiger partial charge is 0.388 e. The Labute approximate surface area is 103 Å². The zero-order chi connectivity index (χ0) is 14.8. The van der Waals surface area contributed by atoms with E-state index in [9.17, 15) is 0 Å². The number of methoxy groups -OCH3 is 1. The van der Waals surface area contributed by atoms with Crippen LogP contribution in [-0.2, 0) is 19.1 Å². The molecule has 0 heterocycles. The first-order chi connectivity index (χ1) is 7.66. The highest BCUT2D eigenvalue weighted by Crippen LogP contribution is 1.70. The number of hydrogen-bond acceptors (Lipinski definition) is 7. The molecular weight excluding hydrogens is 232 g/mol. The highest BCUT2D eigenvalue weighted by atomic mass is 32.2. The molecule has 0 amide bonds. The van der Waals surface area contributed by atoms with E-state index in [4.69, 9.17) is 19.8 Å². The van der Waals surface area contributed by atoms with Crippen molar-refractivity contribution in [3.05, 3.63) is 0 Å². The predicted octanol–water partition coefficient (Wildman–Crippen LogP) is 0.609. The van der Waals surface area contributed by atoms with Gasteiger partial charge in [-0.15, -0.1) is 0 Å². The molecule has 6 nitrogen and oxygen atoms in total. The van der Waals surface area contributed by atoms with Crippen molar-refractivity contribution >= 4 is 31.4 Å². The molecule has 0 rings (SSSR count). The van der Waals surface area contributed by atoms with Crippen molar-refractivity contribution in [2.45, 2.75) is 0 Å². The van der Waals surface area contributed by atoms with Gasteiger partial charge in [0.15, 0.2) is 0 Å². The van der Waals surface area contributed by atoms with E-state index in [0.29, 0.717) is 0 Å².